The van der Waals surface area contributed by atoms with E-state index in [0.717, 1.165) is 17.5 Å². The smallest absolute Gasteiger partial charge is 0.209 e. The Balaban J connectivity index is 1.87. The van der Waals surface area contributed by atoms with Crippen LogP contribution in [0.25, 0.3) is 22.8 Å². The van der Waals surface area contributed by atoms with E-state index in [1.54, 1.807) is 35.1 Å². The van der Waals surface area contributed by atoms with Crippen molar-refractivity contribution >= 4 is 21.4 Å². The van der Waals surface area contributed by atoms with Gasteiger partial charge < -0.3 is 0 Å². The number of benzene rings is 2. The van der Waals surface area contributed by atoms with E-state index >= 15 is 0 Å². The van der Waals surface area contributed by atoms with Gasteiger partial charge in [0.2, 0.25) is 5.43 Å². The molecule has 0 radical (unpaired) electrons. The van der Waals surface area contributed by atoms with E-state index in [0.29, 0.717) is 16.4 Å². The fraction of sp³-hybridized carbons (Fsp3) is 0.0952. The van der Waals surface area contributed by atoms with Crippen molar-refractivity contribution < 1.29 is 8.42 Å². The Labute approximate surface area is 178 Å². The minimum Gasteiger partial charge on any atom is -0.287 e. The standard InChI is InChI=1S/C21H17ClN4O3S/c1-14-17(22)7-4-8-18(14)26-19(9-11-23-26)21-20(27)10-12-25(24-21)15-5-3-6-16(13-15)30(2,28)29/h3-13H,1-2H3. The van der Waals surface area contributed by atoms with Crippen molar-refractivity contribution in [2.75, 3.05) is 6.26 Å². The second-order valence-electron chi connectivity index (χ2n) is 6.75. The summed E-state index contributed by atoms with van der Waals surface area (Å²) in [6.45, 7) is 1.87. The Kier molecular flexibility index (Phi) is 5.05. The van der Waals surface area contributed by atoms with Crippen LogP contribution in [0, 0.1) is 6.92 Å². The first-order valence-corrected chi connectivity index (χ1v) is 11.2. The molecule has 2 aromatic heterocycles. The van der Waals surface area contributed by atoms with Crippen LogP contribution in [0.3, 0.4) is 0 Å². The summed E-state index contributed by atoms with van der Waals surface area (Å²) in [5.74, 6) is 0. The van der Waals surface area contributed by atoms with E-state index in [9.17, 15) is 13.2 Å². The van der Waals surface area contributed by atoms with Gasteiger partial charge in [0.1, 0.15) is 0 Å². The molecule has 0 amide bonds. The summed E-state index contributed by atoms with van der Waals surface area (Å²) in [5, 5.41) is 9.40. The first-order valence-electron chi connectivity index (χ1n) is 8.96. The largest absolute Gasteiger partial charge is 0.287 e. The summed E-state index contributed by atoms with van der Waals surface area (Å²) in [6, 6.07) is 14.9. The number of sulfone groups is 1. The SMILES string of the molecule is Cc1c(Cl)cccc1-n1nccc1-c1nn(-c2cccc(S(C)(=O)=O)c2)ccc1=O. The Morgan fingerprint density at radius 2 is 1.80 bits per heavy atom. The summed E-state index contributed by atoms with van der Waals surface area (Å²) >= 11 is 6.25. The van der Waals surface area contributed by atoms with Gasteiger partial charge in [0.25, 0.3) is 0 Å². The van der Waals surface area contributed by atoms with E-state index in [1.165, 1.54) is 29.1 Å². The van der Waals surface area contributed by atoms with E-state index in [1.807, 2.05) is 19.1 Å². The van der Waals surface area contributed by atoms with Crippen molar-refractivity contribution in [2.24, 2.45) is 0 Å². The molecule has 0 bridgehead atoms. The van der Waals surface area contributed by atoms with Crippen LogP contribution in [0.1, 0.15) is 5.56 Å². The second-order valence-corrected chi connectivity index (χ2v) is 9.18. The second kappa shape index (κ2) is 7.55. The van der Waals surface area contributed by atoms with E-state index in [2.05, 4.69) is 10.2 Å². The third kappa shape index (κ3) is 3.67. The Bertz CT molecular complexity index is 1420. The molecule has 9 heteroatoms. The van der Waals surface area contributed by atoms with Crippen molar-refractivity contribution in [1.29, 1.82) is 0 Å². The topological polar surface area (TPSA) is 86.8 Å². The van der Waals surface area contributed by atoms with Crippen molar-refractivity contribution in [3.8, 4) is 22.8 Å². The molecular formula is C21H17ClN4O3S. The summed E-state index contributed by atoms with van der Waals surface area (Å²) in [6.07, 6.45) is 4.22. The van der Waals surface area contributed by atoms with E-state index < -0.39 is 9.84 Å². The lowest BCUT2D eigenvalue weighted by atomic mass is 10.2. The highest BCUT2D eigenvalue weighted by atomic mass is 35.5. The molecule has 7 nitrogen and oxygen atoms in total. The van der Waals surface area contributed by atoms with Crippen LogP contribution in [-0.4, -0.2) is 34.2 Å². The summed E-state index contributed by atoms with van der Waals surface area (Å²) in [5.41, 5.74) is 2.47. The molecule has 0 aliphatic carbocycles. The molecule has 0 saturated carbocycles. The van der Waals surface area contributed by atoms with Crippen molar-refractivity contribution in [3.63, 3.8) is 0 Å². The molecule has 0 spiro atoms. The Morgan fingerprint density at radius 1 is 1.03 bits per heavy atom. The number of rotatable bonds is 4. The van der Waals surface area contributed by atoms with Crippen molar-refractivity contribution in [2.45, 2.75) is 11.8 Å². The van der Waals surface area contributed by atoms with Gasteiger partial charge in [-0.15, -0.1) is 0 Å². The summed E-state index contributed by atoms with van der Waals surface area (Å²) in [7, 11) is -3.38. The predicted octanol–water partition coefficient (Wildman–Crippen LogP) is 3.45. The minimum atomic E-state index is -3.38. The van der Waals surface area contributed by atoms with Gasteiger partial charge in [0.15, 0.2) is 15.5 Å². The van der Waals surface area contributed by atoms with E-state index in [4.69, 9.17) is 11.6 Å². The average Bonchev–Trinajstić information content (AvgIpc) is 3.19. The number of halogens is 1. The average molecular weight is 441 g/mol. The fourth-order valence-corrected chi connectivity index (χ4v) is 3.92. The summed E-state index contributed by atoms with van der Waals surface area (Å²) in [4.78, 5) is 12.8. The quantitative estimate of drug-likeness (QED) is 0.485. The van der Waals surface area contributed by atoms with Crippen LogP contribution in [-0.2, 0) is 9.84 Å². The zero-order valence-corrected chi connectivity index (χ0v) is 17.7. The van der Waals surface area contributed by atoms with Crippen LogP contribution in [0.4, 0.5) is 0 Å². The van der Waals surface area contributed by atoms with Gasteiger partial charge >= 0.3 is 0 Å². The fourth-order valence-electron chi connectivity index (χ4n) is 3.09. The van der Waals surface area contributed by atoms with E-state index in [-0.39, 0.29) is 16.0 Å². The maximum atomic E-state index is 12.6. The van der Waals surface area contributed by atoms with Crippen LogP contribution in [0.2, 0.25) is 5.02 Å². The Morgan fingerprint density at radius 3 is 2.57 bits per heavy atom. The van der Waals surface area contributed by atoms with Crippen LogP contribution >= 0.6 is 11.6 Å². The van der Waals surface area contributed by atoms with Gasteiger partial charge in [-0.1, -0.05) is 23.7 Å². The van der Waals surface area contributed by atoms with Gasteiger partial charge in [-0.2, -0.15) is 10.2 Å². The third-order valence-corrected chi connectivity index (χ3v) is 6.19. The lowest BCUT2D eigenvalue weighted by Gasteiger charge is -2.12. The molecule has 0 fully saturated rings. The number of hydrogen-bond donors (Lipinski definition) is 0. The van der Waals surface area contributed by atoms with Crippen molar-refractivity contribution in [3.05, 3.63) is 87.8 Å². The lowest BCUT2D eigenvalue weighted by molar-refractivity contribution is 0.601. The van der Waals surface area contributed by atoms with Crippen LogP contribution < -0.4 is 5.43 Å². The molecule has 2 heterocycles. The molecule has 30 heavy (non-hydrogen) atoms. The lowest BCUT2D eigenvalue weighted by Crippen LogP contribution is -2.15. The molecule has 4 aromatic rings. The van der Waals surface area contributed by atoms with Crippen LogP contribution in [0.15, 0.2) is 76.7 Å². The molecule has 0 unspecified atom stereocenters. The monoisotopic (exact) mass is 440 g/mol. The molecule has 0 aliphatic heterocycles. The highest BCUT2D eigenvalue weighted by Crippen LogP contribution is 2.25. The van der Waals surface area contributed by atoms with Crippen LogP contribution in [0.5, 0.6) is 0 Å². The molecular weight excluding hydrogens is 424 g/mol. The number of aromatic nitrogens is 4. The zero-order chi connectivity index (χ0) is 21.5. The first-order chi connectivity index (χ1) is 14.3. The highest BCUT2D eigenvalue weighted by molar-refractivity contribution is 7.90. The highest BCUT2D eigenvalue weighted by Gasteiger charge is 2.16. The van der Waals surface area contributed by atoms with Gasteiger partial charge in [-0.25, -0.2) is 17.8 Å². The molecule has 4 rings (SSSR count). The summed E-state index contributed by atoms with van der Waals surface area (Å²) < 4.78 is 26.8. The van der Waals surface area contributed by atoms with Gasteiger partial charge in [0, 0.05) is 23.5 Å². The van der Waals surface area contributed by atoms with Gasteiger partial charge in [0.05, 0.1) is 28.2 Å². The Hall–Kier alpha value is -3.23. The molecule has 152 valence electrons. The maximum absolute atomic E-state index is 12.6. The maximum Gasteiger partial charge on any atom is 0.209 e. The normalized spacial score (nSPS) is 11.6. The third-order valence-electron chi connectivity index (χ3n) is 4.67. The van der Waals surface area contributed by atoms with Gasteiger partial charge in [-0.05, 0) is 48.9 Å². The number of hydrogen-bond acceptors (Lipinski definition) is 5. The molecule has 0 atom stereocenters. The minimum absolute atomic E-state index is 0.168. The number of nitrogens with zero attached hydrogens (tertiary/aromatic N) is 4. The first kappa shape index (κ1) is 20.1. The molecule has 0 N–H and O–H groups in total. The van der Waals surface area contributed by atoms with Gasteiger partial charge in [-0.3, -0.25) is 4.79 Å². The molecule has 0 saturated heterocycles. The van der Waals surface area contributed by atoms with Crippen molar-refractivity contribution in [1.82, 2.24) is 19.6 Å². The predicted molar refractivity (Wildman–Crippen MR) is 115 cm³/mol. The zero-order valence-electron chi connectivity index (χ0n) is 16.2. The molecule has 0 aliphatic rings. The molecule has 2 aromatic carbocycles.